The Balaban J connectivity index is 2.19. The maximum atomic E-state index is 11.1. The summed E-state index contributed by atoms with van der Waals surface area (Å²) < 4.78 is 5.60. The molecule has 4 heteroatoms. The third kappa shape index (κ3) is 3.26. The smallest absolute Gasteiger partial charge is 0.336 e. The molecule has 0 saturated carbocycles. The van der Waals surface area contributed by atoms with Crippen LogP contribution in [0.5, 0.6) is 5.75 Å². The van der Waals surface area contributed by atoms with Gasteiger partial charge >= 0.3 is 5.97 Å². The van der Waals surface area contributed by atoms with Crippen LogP contribution in [0, 0.1) is 6.92 Å². The number of halogens is 1. The van der Waals surface area contributed by atoms with E-state index in [9.17, 15) is 4.79 Å². The maximum absolute atomic E-state index is 11.1. The van der Waals surface area contributed by atoms with Crippen LogP contribution in [-0.2, 0) is 6.61 Å². The molecule has 2 aromatic rings. The SMILES string of the molecule is Cc1ccc(Cl)c(OCc2ccccc2C(=O)O)c1. The van der Waals surface area contributed by atoms with Crippen LogP contribution in [0.1, 0.15) is 21.5 Å². The number of carbonyl (C=O) groups is 1. The second kappa shape index (κ2) is 5.76. The van der Waals surface area contributed by atoms with Gasteiger partial charge in [-0.3, -0.25) is 0 Å². The fraction of sp³-hybridized carbons (Fsp3) is 0.133. The van der Waals surface area contributed by atoms with Crippen LogP contribution < -0.4 is 4.74 Å². The lowest BCUT2D eigenvalue weighted by Crippen LogP contribution is -2.05. The third-order valence-electron chi connectivity index (χ3n) is 2.72. The van der Waals surface area contributed by atoms with Crippen molar-refractivity contribution in [3.8, 4) is 5.75 Å². The Kier molecular flexibility index (Phi) is 4.07. The summed E-state index contributed by atoms with van der Waals surface area (Å²) in [5.41, 5.74) is 1.89. The van der Waals surface area contributed by atoms with Crippen LogP contribution in [0.15, 0.2) is 42.5 Å². The van der Waals surface area contributed by atoms with Gasteiger partial charge in [0, 0.05) is 5.56 Å². The van der Waals surface area contributed by atoms with Crippen LogP contribution in [0.25, 0.3) is 0 Å². The molecule has 0 atom stereocenters. The molecular weight excluding hydrogens is 264 g/mol. The highest BCUT2D eigenvalue weighted by molar-refractivity contribution is 6.32. The second-order valence-electron chi connectivity index (χ2n) is 4.18. The van der Waals surface area contributed by atoms with Crippen molar-refractivity contribution in [2.24, 2.45) is 0 Å². The lowest BCUT2D eigenvalue weighted by molar-refractivity contribution is 0.0694. The number of benzene rings is 2. The van der Waals surface area contributed by atoms with E-state index in [1.54, 1.807) is 30.3 Å². The molecule has 0 radical (unpaired) electrons. The highest BCUT2D eigenvalue weighted by atomic mass is 35.5. The summed E-state index contributed by atoms with van der Waals surface area (Å²) in [7, 11) is 0. The zero-order valence-electron chi connectivity index (χ0n) is 10.4. The molecule has 0 aliphatic carbocycles. The van der Waals surface area contributed by atoms with Crippen LogP contribution in [0.2, 0.25) is 5.02 Å². The minimum atomic E-state index is -0.963. The number of aryl methyl sites for hydroxylation is 1. The van der Waals surface area contributed by atoms with E-state index in [4.69, 9.17) is 21.4 Å². The quantitative estimate of drug-likeness (QED) is 0.920. The first-order chi connectivity index (χ1) is 9.08. The molecule has 0 fully saturated rings. The summed E-state index contributed by atoms with van der Waals surface area (Å²) in [5, 5.41) is 9.59. The van der Waals surface area contributed by atoms with Crippen molar-refractivity contribution in [3.05, 3.63) is 64.2 Å². The average molecular weight is 277 g/mol. The number of rotatable bonds is 4. The molecule has 0 amide bonds. The molecule has 3 nitrogen and oxygen atoms in total. The van der Waals surface area contributed by atoms with E-state index >= 15 is 0 Å². The molecule has 0 aliphatic heterocycles. The molecular formula is C15H13ClO3. The van der Waals surface area contributed by atoms with Crippen molar-refractivity contribution < 1.29 is 14.6 Å². The van der Waals surface area contributed by atoms with Gasteiger partial charge in [-0.25, -0.2) is 4.79 Å². The van der Waals surface area contributed by atoms with Crippen LogP contribution >= 0.6 is 11.6 Å². The maximum Gasteiger partial charge on any atom is 0.336 e. The highest BCUT2D eigenvalue weighted by Gasteiger charge is 2.10. The van der Waals surface area contributed by atoms with E-state index < -0.39 is 5.97 Å². The Morgan fingerprint density at radius 1 is 1.26 bits per heavy atom. The highest BCUT2D eigenvalue weighted by Crippen LogP contribution is 2.26. The molecule has 0 spiro atoms. The molecule has 19 heavy (non-hydrogen) atoms. The molecule has 0 aromatic heterocycles. The van der Waals surface area contributed by atoms with Crippen LogP contribution in [0.3, 0.4) is 0 Å². The first-order valence-electron chi connectivity index (χ1n) is 5.78. The molecule has 0 bridgehead atoms. The topological polar surface area (TPSA) is 46.5 Å². The van der Waals surface area contributed by atoms with Gasteiger partial charge in [-0.2, -0.15) is 0 Å². The van der Waals surface area contributed by atoms with E-state index in [-0.39, 0.29) is 12.2 Å². The molecule has 0 heterocycles. The van der Waals surface area contributed by atoms with Gasteiger partial charge in [-0.15, -0.1) is 0 Å². The van der Waals surface area contributed by atoms with Crippen molar-refractivity contribution in [2.75, 3.05) is 0 Å². The second-order valence-corrected chi connectivity index (χ2v) is 4.59. The predicted octanol–water partition coefficient (Wildman–Crippen LogP) is 3.93. The molecule has 1 N–H and O–H groups in total. The fourth-order valence-electron chi connectivity index (χ4n) is 1.73. The Hall–Kier alpha value is -2.00. The molecule has 0 unspecified atom stereocenters. The third-order valence-corrected chi connectivity index (χ3v) is 3.03. The fourth-order valence-corrected chi connectivity index (χ4v) is 1.90. The van der Waals surface area contributed by atoms with E-state index in [0.717, 1.165) is 5.56 Å². The Labute approximate surface area is 116 Å². The standard InChI is InChI=1S/C15H13ClO3/c1-10-6-7-13(16)14(8-10)19-9-11-4-2-3-5-12(11)15(17)18/h2-8H,9H2,1H3,(H,17,18). The first-order valence-corrected chi connectivity index (χ1v) is 6.16. The Morgan fingerprint density at radius 2 is 2.00 bits per heavy atom. The number of carboxylic acid groups (broad SMARTS) is 1. The lowest BCUT2D eigenvalue weighted by atomic mass is 10.1. The van der Waals surface area contributed by atoms with Gasteiger partial charge in [0.25, 0.3) is 0 Å². The monoisotopic (exact) mass is 276 g/mol. The Bertz CT molecular complexity index is 608. The normalized spacial score (nSPS) is 10.2. The van der Waals surface area contributed by atoms with Crippen molar-refractivity contribution in [1.29, 1.82) is 0 Å². The number of carboxylic acids is 1. The van der Waals surface area contributed by atoms with Crippen LogP contribution in [-0.4, -0.2) is 11.1 Å². The number of hydrogen-bond donors (Lipinski definition) is 1. The number of aromatic carboxylic acids is 1. The van der Waals surface area contributed by atoms with E-state index in [1.807, 2.05) is 19.1 Å². The van der Waals surface area contributed by atoms with Crippen molar-refractivity contribution in [1.82, 2.24) is 0 Å². The minimum absolute atomic E-state index is 0.172. The van der Waals surface area contributed by atoms with Gasteiger partial charge in [-0.1, -0.05) is 35.9 Å². The first kappa shape index (κ1) is 13.4. The van der Waals surface area contributed by atoms with E-state index in [2.05, 4.69) is 0 Å². The van der Waals surface area contributed by atoms with Gasteiger partial charge in [0.2, 0.25) is 0 Å². The molecule has 2 rings (SSSR count). The Morgan fingerprint density at radius 3 is 2.74 bits per heavy atom. The van der Waals surface area contributed by atoms with Gasteiger partial charge in [-0.05, 0) is 30.7 Å². The van der Waals surface area contributed by atoms with Gasteiger partial charge in [0.15, 0.2) is 0 Å². The van der Waals surface area contributed by atoms with Crippen LogP contribution in [0.4, 0.5) is 0 Å². The lowest BCUT2D eigenvalue weighted by Gasteiger charge is -2.10. The zero-order chi connectivity index (χ0) is 13.8. The predicted molar refractivity (Wildman–Crippen MR) is 73.9 cm³/mol. The number of ether oxygens (including phenoxy) is 1. The van der Waals surface area contributed by atoms with Gasteiger partial charge in [0.1, 0.15) is 12.4 Å². The van der Waals surface area contributed by atoms with E-state index in [1.165, 1.54) is 0 Å². The van der Waals surface area contributed by atoms with Crippen molar-refractivity contribution in [3.63, 3.8) is 0 Å². The van der Waals surface area contributed by atoms with E-state index in [0.29, 0.717) is 16.3 Å². The van der Waals surface area contributed by atoms with Crippen molar-refractivity contribution >= 4 is 17.6 Å². The summed E-state index contributed by atoms with van der Waals surface area (Å²) in [6.45, 7) is 2.11. The summed E-state index contributed by atoms with van der Waals surface area (Å²) in [6.07, 6.45) is 0. The molecule has 98 valence electrons. The minimum Gasteiger partial charge on any atom is -0.487 e. The summed E-state index contributed by atoms with van der Waals surface area (Å²) in [6, 6.07) is 12.2. The summed E-state index contributed by atoms with van der Waals surface area (Å²) in [5.74, 6) is -0.406. The van der Waals surface area contributed by atoms with Gasteiger partial charge in [0.05, 0.1) is 10.6 Å². The average Bonchev–Trinajstić information content (AvgIpc) is 2.40. The summed E-state index contributed by atoms with van der Waals surface area (Å²) in [4.78, 5) is 11.1. The molecule has 0 aliphatic rings. The van der Waals surface area contributed by atoms with Crippen molar-refractivity contribution in [2.45, 2.75) is 13.5 Å². The molecule has 2 aromatic carbocycles. The zero-order valence-corrected chi connectivity index (χ0v) is 11.1. The molecule has 0 saturated heterocycles. The number of hydrogen-bond acceptors (Lipinski definition) is 2. The largest absolute Gasteiger partial charge is 0.487 e. The van der Waals surface area contributed by atoms with Gasteiger partial charge < -0.3 is 9.84 Å². The summed E-state index contributed by atoms with van der Waals surface area (Å²) >= 11 is 6.02.